The summed E-state index contributed by atoms with van der Waals surface area (Å²) in [6.07, 6.45) is 1.86. The molecule has 1 saturated heterocycles. The van der Waals surface area contributed by atoms with Crippen molar-refractivity contribution in [3.8, 4) is 0 Å². The number of nitrogens with two attached hydrogens (primary N) is 1. The molecule has 4 rings (SSSR count). The monoisotopic (exact) mass is 502 g/mol. The second-order valence-corrected chi connectivity index (χ2v) is 9.69. The first-order chi connectivity index (χ1) is 16.2. The Kier molecular flexibility index (Phi) is 6.57. The number of carboxylic acid groups (broad SMARTS) is 1. The minimum absolute atomic E-state index is 0.134. The number of amides is 2. The topological polar surface area (TPSA) is 154 Å². The van der Waals surface area contributed by atoms with E-state index in [1.165, 1.54) is 23.8 Å². The number of oxime groups is 1. The Hall–Kier alpha value is -3.45. The molecule has 2 aliphatic heterocycles. The number of nitrogens with one attached hydrogen (secondary N) is 1. The molecular weight excluding hydrogens is 480 g/mol. The zero-order valence-electron chi connectivity index (χ0n) is 18.6. The third kappa shape index (κ3) is 4.23. The molecule has 178 valence electrons. The largest absolute Gasteiger partial charge is 0.543 e. The van der Waals surface area contributed by atoms with Gasteiger partial charge in [-0.15, -0.1) is 23.1 Å². The van der Waals surface area contributed by atoms with Gasteiger partial charge in [-0.2, -0.15) is 4.57 Å². The predicted molar refractivity (Wildman–Crippen MR) is 123 cm³/mol. The van der Waals surface area contributed by atoms with E-state index < -0.39 is 29.2 Å². The molecule has 2 atom stereocenters. The van der Waals surface area contributed by atoms with Crippen LogP contribution in [-0.2, 0) is 25.8 Å². The summed E-state index contributed by atoms with van der Waals surface area (Å²) in [5, 5.41) is 19.6. The molecule has 2 aromatic rings. The Balaban J connectivity index is 1.55. The van der Waals surface area contributed by atoms with Crippen LogP contribution >= 0.6 is 23.1 Å². The summed E-state index contributed by atoms with van der Waals surface area (Å²) in [5.41, 5.74) is 8.20. The molecule has 0 aliphatic carbocycles. The van der Waals surface area contributed by atoms with E-state index in [0.29, 0.717) is 17.9 Å². The van der Waals surface area contributed by atoms with Gasteiger partial charge in [-0.1, -0.05) is 5.16 Å². The molecule has 34 heavy (non-hydrogen) atoms. The van der Waals surface area contributed by atoms with Gasteiger partial charge in [0.2, 0.25) is 0 Å². The van der Waals surface area contributed by atoms with Crippen LogP contribution in [0.25, 0.3) is 0 Å². The molecular formula is C21H22N6O5S2. The van der Waals surface area contributed by atoms with Crippen molar-refractivity contribution in [2.24, 2.45) is 5.16 Å². The fourth-order valence-corrected chi connectivity index (χ4v) is 5.71. The number of thioether (sulfide) groups is 1. The van der Waals surface area contributed by atoms with E-state index in [4.69, 9.17) is 10.6 Å². The van der Waals surface area contributed by atoms with Gasteiger partial charge in [0.25, 0.3) is 11.8 Å². The van der Waals surface area contributed by atoms with E-state index in [0.717, 1.165) is 22.6 Å². The van der Waals surface area contributed by atoms with Crippen LogP contribution in [0, 0.1) is 13.8 Å². The molecule has 0 radical (unpaired) electrons. The number of anilines is 1. The fraction of sp³-hybridized carbons (Fsp3) is 0.333. The van der Waals surface area contributed by atoms with Crippen LogP contribution in [0.5, 0.6) is 0 Å². The van der Waals surface area contributed by atoms with E-state index in [1.807, 2.05) is 36.7 Å². The lowest BCUT2D eigenvalue weighted by Gasteiger charge is -2.50. The van der Waals surface area contributed by atoms with Crippen LogP contribution in [0.1, 0.15) is 17.0 Å². The van der Waals surface area contributed by atoms with Crippen molar-refractivity contribution in [2.75, 3.05) is 18.6 Å². The first kappa shape index (κ1) is 23.7. The van der Waals surface area contributed by atoms with Crippen LogP contribution in [-0.4, -0.2) is 57.7 Å². The summed E-state index contributed by atoms with van der Waals surface area (Å²) in [4.78, 5) is 47.8. The average molecular weight is 503 g/mol. The molecule has 1 fully saturated rings. The number of carbonyl (C=O) groups excluding carboxylic acids is 3. The van der Waals surface area contributed by atoms with E-state index >= 15 is 0 Å². The molecule has 2 amide bonds. The van der Waals surface area contributed by atoms with Gasteiger partial charge in [-0.3, -0.25) is 14.5 Å². The van der Waals surface area contributed by atoms with Crippen molar-refractivity contribution >= 4 is 51.7 Å². The summed E-state index contributed by atoms with van der Waals surface area (Å²) >= 11 is 2.50. The van der Waals surface area contributed by atoms with Crippen molar-refractivity contribution in [1.82, 2.24) is 15.2 Å². The van der Waals surface area contributed by atoms with E-state index in [1.54, 1.807) is 5.38 Å². The maximum atomic E-state index is 12.9. The highest BCUT2D eigenvalue weighted by Crippen LogP contribution is 2.40. The normalized spacial score (nSPS) is 20.0. The van der Waals surface area contributed by atoms with E-state index in [2.05, 4.69) is 15.5 Å². The minimum Gasteiger partial charge on any atom is -0.543 e. The summed E-state index contributed by atoms with van der Waals surface area (Å²) in [6.45, 7) is 4.23. The second-order valence-electron chi connectivity index (χ2n) is 7.70. The number of carbonyl (C=O) groups is 3. The number of hydrogen-bond donors (Lipinski definition) is 2. The van der Waals surface area contributed by atoms with Crippen LogP contribution in [0.2, 0.25) is 0 Å². The lowest BCUT2D eigenvalue weighted by Crippen LogP contribution is -2.71. The van der Waals surface area contributed by atoms with Gasteiger partial charge in [0.1, 0.15) is 24.2 Å². The van der Waals surface area contributed by atoms with Crippen LogP contribution in [0.15, 0.2) is 40.1 Å². The first-order valence-corrected chi connectivity index (χ1v) is 12.1. The number of nitrogen functional groups attached to an aromatic ring is 1. The standard InChI is InChI=1S/C21H22N6O5S2/c1-10-5-4-6-26(11(10)2)7-12-8-33-19-15(18(29)27(19)16(12)20(30)31)24-17(28)14(25-32-3)13-9-34-21(22)23-13/h4-6,9,15,19H,7-8H2,1-3H3,(H3-,22,23,24,28,30,31)/t15?,19-/m0/s1. The highest BCUT2D eigenvalue weighted by atomic mass is 32.2. The van der Waals surface area contributed by atoms with Gasteiger partial charge in [0.05, 0.1) is 11.7 Å². The molecule has 2 aliphatic rings. The number of β-lactam (4-membered cyclic amide) rings is 1. The Morgan fingerprint density at radius 3 is 2.85 bits per heavy atom. The first-order valence-electron chi connectivity index (χ1n) is 10.2. The van der Waals surface area contributed by atoms with E-state index in [-0.39, 0.29) is 22.2 Å². The summed E-state index contributed by atoms with van der Waals surface area (Å²) in [5.74, 6) is -2.28. The lowest BCUT2D eigenvalue weighted by molar-refractivity contribution is -0.695. The molecule has 1 unspecified atom stereocenters. The second kappa shape index (κ2) is 9.43. The highest BCUT2D eigenvalue weighted by molar-refractivity contribution is 8.00. The number of hydrogen-bond acceptors (Lipinski definition) is 10. The van der Waals surface area contributed by atoms with Gasteiger partial charge in [-0.05, 0) is 13.0 Å². The maximum Gasteiger partial charge on any atom is 0.276 e. The van der Waals surface area contributed by atoms with Crippen molar-refractivity contribution in [3.05, 3.63) is 51.9 Å². The third-order valence-corrected chi connectivity index (χ3v) is 7.68. The van der Waals surface area contributed by atoms with Gasteiger partial charge in [0, 0.05) is 35.3 Å². The molecule has 0 bridgehead atoms. The predicted octanol–water partition coefficient (Wildman–Crippen LogP) is -0.916. The lowest BCUT2D eigenvalue weighted by atomic mass is 10.0. The molecule has 0 saturated carbocycles. The summed E-state index contributed by atoms with van der Waals surface area (Å²) in [6, 6.07) is 2.93. The number of nitrogens with zero attached hydrogens (tertiary/aromatic N) is 4. The van der Waals surface area contributed by atoms with Gasteiger partial charge >= 0.3 is 0 Å². The fourth-order valence-electron chi connectivity index (χ4n) is 3.82. The molecule has 0 aromatic carbocycles. The molecule has 2 aromatic heterocycles. The SMILES string of the molecule is CON=C(C(=O)NC1C(=O)N2C(C(=O)[O-])=C(C[n+]3cccc(C)c3C)CS[C@@H]12)c1csc(N)n1. The van der Waals surface area contributed by atoms with Crippen molar-refractivity contribution in [3.63, 3.8) is 0 Å². The molecule has 3 N–H and O–H groups in total. The Morgan fingerprint density at radius 2 is 2.21 bits per heavy atom. The number of aromatic nitrogens is 2. The van der Waals surface area contributed by atoms with Crippen molar-refractivity contribution in [2.45, 2.75) is 31.8 Å². The highest BCUT2D eigenvalue weighted by Gasteiger charge is 2.53. The molecule has 11 nitrogen and oxygen atoms in total. The van der Waals surface area contributed by atoms with Crippen molar-refractivity contribution in [1.29, 1.82) is 0 Å². The minimum atomic E-state index is -1.43. The van der Waals surface area contributed by atoms with Crippen LogP contribution in [0.3, 0.4) is 0 Å². The number of carboxylic acids is 1. The summed E-state index contributed by atoms with van der Waals surface area (Å²) < 4.78 is 1.94. The molecule has 13 heteroatoms. The summed E-state index contributed by atoms with van der Waals surface area (Å²) in [7, 11) is 1.28. The molecule has 0 spiro atoms. The molecule has 4 heterocycles. The quantitative estimate of drug-likeness (QED) is 0.213. The van der Waals surface area contributed by atoms with E-state index in [9.17, 15) is 19.5 Å². The number of thiazole rings is 1. The average Bonchev–Trinajstić information content (AvgIpc) is 3.23. The Bertz CT molecular complexity index is 1240. The van der Waals surface area contributed by atoms with Gasteiger partial charge in [0.15, 0.2) is 29.3 Å². The number of rotatable bonds is 7. The Labute approximate surface area is 203 Å². The number of aliphatic carboxylic acids is 1. The van der Waals surface area contributed by atoms with Crippen molar-refractivity contribution < 1.29 is 28.9 Å². The van der Waals surface area contributed by atoms with Crippen LogP contribution in [0.4, 0.5) is 5.13 Å². The smallest absolute Gasteiger partial charge is 0.276 e. The van der Waals surface area contributed by atoms with Gasteiger partial charge in [-0.25, -0.2) is 4.98 Å². The zero-order valence-corrected chi connectivity index (χ0v) is 20.2. The number of fused-ring (bicyclic) bond motifs is 1. The Morgan fingerprint density at radius 1 is 1.44 bits per heavy atom. The zero-order chi connectivity index (χ0) is 24.6. The third-order valence-electron chi connectivity index (χ3n) is 5.66. The van der Waals surface area contributed by atoms with Crippen LogP contribution < -0.4 is 20.7 Å². The maximum absolute atomic E-state index is 12.9. The number of pyridine rings is 1. The number of aryl methyl sites for hydroxylation is 1. The van der Waals surface area contributed by atoms with Gasteiger partial charge < -0.3 is 25.8 Å².